The summed E-state index contributed by atoms with van der Waals surface area (Å²) in [4.78, 5) is 12.0. The lowest BCUT2D eigenvalue weighted by Gasteiger charge is -2.28. The fourth-order valence-electron chi connectivity index (χ4n) is 3.89. The topological polar surface area (TPSA) is 26.3 Å². The van der Waals surface area contributed by atoms with Crippen LogP contribution in [0.1, 0.15) is 83.1 Å². The molecule has 1 saturated carbocycles. The molecule has 0 heterocycles. The summed E-state index contributed by atoms with van der Waals surface area (Å²) < 4.78 is 42.8. The molecule has 0 unspecified atom stereocenters. The third-order valence-electron chi connectivity index (χ3n) is 5.60. The van der Waals surface area contributed by atoms with Crippen LogP contribution in [0.25, 0.3) is 0 Å². The van der Waals surface area contributed by atoms with Crippen molar-refractivity contribution in [2.24, 2.45) is 11.8 Å². The number of benzene rings is 1. The molecule has 2 rings (SSSR count). The maximum atomic E-state index is 12.5. The number of hydrogen-bond donors (Lipinski definition) is 0. The van der Waals surface area contributed by atoms with Crippen molar-refractivity contribution >= 4 is 5.97 Å². The fraction of sp³-hybridized carbons (Fsp3) is 0.682. The first-order valence-electron chi connectivity index (χ1n) is 10.3. The summed E-state index contributed by atoms with van der Waals surface area (Å²) in [7, 11) is 0. The highest BCUT2D eigenvalue weighted by atomic mass is 19.4. The zero-order valence-corrected chi connectivity index (χ0v) is 16.2. The summed E-state index contributed by atoms with van der Waals surface area (Å²) in [6.07, 6.45) is 8.23. The number of ether oxygens (including phenoxy) is 1. The lowest BCUT2D eigenvalue weighted by atomic mass is 9.78. The van der Waals surface area contributed by atoms with E-state index < -0.39 is 11.7 Å². The van der Waals surface area contributed by atoms with E-state index in [1.165, 1.54) is 69.9 Å². The summed E-state index contributed by atoms with van der Waals surface area (Å²) >= 11 is 0. The molecule has 0 bridgehead atoms. The molecule has 1 aromatic rings. The quantitative estimate of drug-likeness (QED) is 0.256. The van der Waals surface area contributed by atoms with E-state index in [0.29, 0.717) is 12.3 Å². The standard InChI is InChI=1S/C22H31F3O2/c1-2-3-4-5-6-17-7-9-18(10-8-17)11-16-21(26)27-20-14-12-19(13-15-20)22(23,24)25/h12-15,17-18H,2-11,16H2,1H3/t17-,18-. The average molecular weight is 384 g/mol. The number of carbonyl (C=O) groups excluding carboxylic acids is 1. The van der Waals surface area contributed by atoms with Crippen LogP contribution in [-0.4, -0.2) is 5.97 Å². The highest BCUT2D eigenvalue weighted by molar-refractivity contribution is 5.72. The van der Waals surface area contributed by atoms with Crippen molar-refractivity contribution in [2.45, 2.75) is 83.7 Å². The van der Waals surface area contributed by atoms with Crippen molar-refractivity contribution in [3.05, 3.63) is 29.8 Å². The Balaban J connectivity index is 1.63. The minimum Gasteiger partial charge on any atom is -0.427 e. The smallest absolute Gasteiger partial charge is 0.416 e. The van der Waals surface area contributed by atoms with Gasteiger partial charge < -0.3 is 4.74 Å². The first-order chi connectivity index (χ1) is 12.9. The van der Waals surface area contributed by atoms with E-state index in [-0.39, 0.29) is 11.7 Å². The van der Waals surface area contributed by atoms with Crippen molar-refractivity contribution < 1.29 is 22.7 Å². The van der Waals surface area contributed by atoms with Gasteiger partial charge >= 0.3 is 12.1 Å². The molecule has 5 heteroatoms. The van der Waals surface area contributed by atoms with Crippen LogP contribution in [0.3, 0.4) is 0 Å². The maximum Gasteiger partial charge on any atom is 0.416 e. The Morgan fingerprint density at radius 2 is 1.56 bits per heavy atom. The van der Waals surface area contributed by atoms with Gasteiger partial charge in [-0.15, -0.1) is 0 Å². The predicted molar refractivity (Wildman–Crippen MR) is 101 cm³/mol. The van der Waals surface area contributed by atoms with E-state index in [1.54, 1.807) is 0 Å². The van der Waals surface area contributed by atoms with Gasteiger partial charge in [0.15, 0.2) is 0 Å². The van der Waals surface area contributed by atoms with E-state index in [2.05, 4.69) is 6.92 Å². The van der Waals surface area contributed by atoms with Gasteiger partial charge in [-0.3, -0.25) is 4.79 Å². The molecule has 2 nitrogen and oxygen atoms in total. The highest BCUT2D eigenvalue weighted by Crippen LogP contribution is 2.34. The van der Waals surface area contributed by atoms with E-state index in [0.717, 1.165) is 24.5 Å². The summed E-state index contributed by atoms with van der Waals surface area (Å²) in [6, 6.07) is 4.27. The minimum absolute atomic E-state index is 0.170. The van der Waals surface area contributed by atoms with Crippen molar-refractivity contribution in [3.63, 3.8) is 0 Å². The van der Waals surface area contributed by atoms with Crippen LogP contribution in [0.15, 0.2) is 24.3 Å². The van der Waals surface area contributed by atoms with Crippen LogP contribution in [0.5, 0.6) is 5.75 Å². The molecule has 1 aliphatic rings. The molecule has 0 spiro atoms. The van der Waals surface area contributed by atoms with Gasteiger partial charge in [0.1, 0.15) is 5.75 Å². The number of hydrogen-bond acceptors (Lipinski definition) is 2. The number of alkyl halides is 3. The summed E-state index contributed by atoms with van der Waals surface area (Å²) in [5, 5.41) is 0. The van der Waals surface area contributed by atoms with E-state index >= 15 is 0 Å². The number of rotatable bonds is 9. The molecule has 0 aliphatic heterocycles. The normalized spacial score (nSPS) is 20.4. The molecular weight excluding hydrogens is 353 g/mol. The molecule has 1 aromatic carbocycles. The minimum atomic E-state index is -4.38. The molecule has 27 heavy (non-hydrogen) atoms. The number of unbranched alkanes of at least 4 members (excludes halogenated alkanes) is 3. The van der Waals surface area contributed by atoms with Crippen molar-refractivity contribution in [1.29, 1.82) is 0 Å². The third-order valence-corrected chi connectivity index (χ3v) is 5.60. The van der Waals surface area contributed by atoms with Gasteiger partial charge in [-0.25, -0.2) is 0 Å². The van der Waals surface area contributed by atoms with Gasteiger partial charge in [-0.05, 0) is 42.5 Å². The SMILES string of the molecule is CCCCCC[C@H]1CC[C@H](CCC(=O)Oc2ccc(C(F)(F)F)cc2)CC1. The molecule has 152 valence electrons. The largest absolute Gasteiger partial charge is 0.427 e. The first-order valence-corrected chi connectivity index (χ1v) is 10.3. The van der Waals surface area contributed by atoms with Crippen molar-refractivity contribution in [1.82, 2.24) is 0 Å². The molecule has 0 N–H and O–H groups in total. The van der Waals surface area contributed by atoms with Gasteiger partial charge in [0, 0.05) is 6.42 Å². The molecule has 0 atom stereocenters. The highest BCUT2D eigenvalue weighted by Gasteiger charge is 2.30. The zero-order valence-electron chi connectivity index (χ0n) is 16.2. The molecular formula is C22H31F3O2. The Kier molecular flexibility index (Phi) is 8.65. The summed E-state index contributed by atoms with van der Waals surface area (Å²) in [6.45, 7) is 2.23. The maximum absolute atomic E-state index is 12.5. The van der Waals surface area contributed by atoms with Crippen LogP contribution >= 0.6 is 0 Å². The average Bonchev–Trinajstić information content (AvgIpc) is 2.64. The van der Waals surface area contributed by atoms with Gasteiger partial charge in [0.2, 0.25) is 0 Å². The number of carbonyl (C=O) groups is 1. The second-order valence-corrected chi connectivity index (χ2v) is 7.77. The van der Waals surface area contributed by atoms with Crippen LogP contribution in [-0.2, 0) is 11.0 Å². The Morgan fingerprint density at radius 3 is 2.11 bits per heavy atom. The molecule has 0 saturated heterocycles. The second kappa shape index (κ2) is 10.7. The van der Waals surface area contributed by atoms with Crippen molar-refractivity contribution in [3.8, 4) is 5.75 Å². The molecule has 1 aliphatic carbocycles. The Morgan fingerprint density at radius 1 is 0.963 bits per heavy atom. The molecule has 0 aromatic heterocycles. The van der Waals surface area contributed by atoms with Crippen LogP contribution in [0.2, 0.25) is 0 Å². The molecule has 0 amide bonds. The van der Waals surface area contributed by atoms with E-state index in [1.807, 2.05) is 0 Å². The lowest BCUT2D eigenvalue weighted by molar-refractivity contribution is -0.137. The van der Waals surface area contributed by atoms with Gasteiger partial charge in [0.05, 0.1) is 5.56 Å². The lowest BCUT2D eigenvalue weighted by Crippen LogP contribution is -2.17. The Labute approximate surface area is 160 Å². The Bertz CT molecular complexity index is 558. The van der Waals surface area contributed by atoms with Gasteiger partial charge in [-0.1, -0.05) is 64.7 Å². The predicted octanol–water partition coefficient (Wildman–Crippen LogP) is 7.17. The molecule has 1 fully saturated rings. The molecule has 0 radical (unpaired) electrons. The van der Waals surface area contributed by atoms with E-state index in [9.17, 15) is 18.0 Å². The number of halogens is 3. The first kappa shape index (κ1) is 21.8. The van der Waals surface area contributed by atoms with Crippen LogP contribution in [0.4, 0.5) is 13.2 Å². The van der Waals surface area contributed by atoms with Crippen molar-refractivity contribution in [2.75, 3.05) is 0 Å². The monoisotopic (exact) mass is 384 g/mol. The Hall–Kier alpha value is -1.52. The third kappa shape index (κ3) is 7.94. The second-order valence-electron chi connectivity index (χ2n) is 7.77. The number of esters is 1. The van der Waals surface area contributed by atoms with Crippen LogP contribution < -0.4 is 4.74 Å². The van der Waals surface area contributed by atoms with Gasteiger partial charge in [0.25, 0.3) is 0 Å². The van der Waals surface area contributed by atoms with Gasteiger partial charge in [-0.2, -0.15) is 13.2 Å². The van der Waals surface area contributed by atoms with E-state index in [4.69, 9.17) is 4.74 Å². The fourth-order valence-corrected chi connectivity index (χ4v) is 3.89. The summed E-state index contributed by atoms with van der Waals surface area (Å²) in [5.41, 5.74) is -0.742. The summed E-state index contributed by atoms with van der Waals surface area (Å²) in [5.74, 6) is 1.22. The zero-order chi connectivity index (χ0) is 19.7. The van der Waals surface area contributed by atoms with Crippen LogP contribution in [0, 0.1) is 11.8 Å².